The predicted octanol–water partition coefficient (Wildman–Crippen LogP) is 2.33. The summed E-state index contributed by atoms with van der Waals surface area (Å²) in [6, 6.07) is 9.03. The number of aryl methyl sites for hydroxylation is 2. The molecule has 0 aliphatic rings. The van der Waals surface area contributed by atoms with Crippen molar-refractivity contribution in [3.8, 4) is 0 Å². The average Bonchev–Trinajstić information content (AvgIpc) is 2.91. The van der Waals surface area contributed by atoms with Gasteiger partial charge in [-0.2, -0.15) is 0 Å². The Morgan fingerprint density at radius 2 is 2.00 bits per heavy atom. The van der Waals surface area contributed by atoms with Gasteiger partial charge < -0.3 is 10.3 Å². The number of nitrogens with zero attached hydrogens (tertiary/aromatic N) is 1. The zero-order chi connectivity index (χ0) is 15.5. The Morgan fingerprint density at radius 3 is 2.57 bits per heavy atom. The summed E-state index contributed by atoms with van der Waals surface area (Å²) in [6.07, 6.45) is 2.48. The molecule has 0 radical (unpaired) electrons. The quantitative estimate of drug-likeness (QED) is 0.860. The van der Waals surface area contributed by atoms with E-state index in [1.807, 2.05) is 36.6 Å². The minimum Gasteiger partial charge on any atom is -0.349 e. The van der Waals surface area contributed by atoms with Crippen LogP contribution in [0.5, 0.6) is 0 Å². The second-order valence-corrected chi connectivity index (χ2v) is 6.50. The first-order valence-corrected chi connectivity index (χ1v) is 8.49. The Labute approximate surface area is 125 Å². The highest BCUT2D eigenvalue weighted by Gasteiger charge is 2.18. The first-order valence-electron chi connectivity index (χ1n) is 7.01. The van der Waals surface area contributed by atoms with Crippen molar-refractivity contribution in [2.75, 3.05) is 4.72 Å². The minimum absolute atomic E-state index is 0.242. The van der Waals surface area contributed by atoms with Gasteiger partial charge in [0.1, 0.15) is 4.90 Å². The molecule has 1 aromatic heterocycles. The smallest absolute Gasteiger partial charge is 0.263 e. The molecule has 21 heavy (non-hydrogen) atoms. The van der Waals surface area contributed by atoms with Crippen LogP contribution in [-0.2, 0) is 29.5 Å². The van der Waals surface area contributed by atoms with E-state index in [0.29, 0.717) is 18.8 Å². The van der Waals surface area contributed by atoms with E-state index < -0.39 is 10.0 Å². The molecule has 0 fully saturated rings. The zero-order valence-electron chi connectivity index (χ0n) is 12.3. The molecule has 0 saturated heterocycles. The Balaban J connectivity index is 2.31. The van der Waals surface area contributed by atoms with E-state index in [9.17, 15) is 8.42 Å². The molecule has 5 nitrogen and oxygen atoms in total. The van der Waals surface area contributed by atoms with Gasteiger partial charge in [0.2, 0.25) is 0 Å². The van der Waals surface area contributed by atoms with Crippen molar-refractivity contribution in [3.05, 3.63) is 47.8 Å². The van der Waals surface area contributed by atoms with Gasteiger partial charge in [0.15, 0.2) is 0 Å². The molecule has 2 aromatic rings. The third-order valence-electron chi connectivity index (χ3n) is 3.41. The van der Waals surface area contributed by atoms with Crippen molar-refractivity contribution in [2.45, 2.75) is 38.3 Å². The van der Waals surface area contributed by atoms with Crippen molar-refractivity contribution in [2.24, 2.45) is 5.73 Å². The number of rotatable bonds is 6. The van der Waals surface area contributed by atoms with Crippen molar-refractivity contribution in [3.63, 3.8) is 0 Å². The summed E-state index contributed by atoms with van der Waals surface area (Å²) in [7, 11) is -3.59. The van der Waals surface area contributed by atoms with Crippen LogP contribution in [0.2, 0.25) is 0 Å². The Bertz CT molecular complexity index is 699. The number of aromatic nitrogens is 1. The summed E-state index contributed by atoms with van der Waals surface area (Å²) in [5.41, 5.74) is 8.11. The van der Waals surface area contributed by atoms with Crippen LogP contribution >= 0.6 is 0 Å². The fourth-order valence-corrected chi connectivity index (χ4v) is 3.32. The first-order chi connectivity index (χ1) is 10.00. The summed E-state index contributed by atoms with van der Waals surface area (Å²) in [5.74, 6) is 0. The largest absolute Gasteiger partial charge is 0.349 e. The molecule has 0 unspecified atom stereocenters. The zero-order valence-corrected chi connectivity index (χ0v) is 13.2. The molecule has 3 N–H and O–H groups in total. The molecule has 0 aliphatic heterocycles. The highest BCUT2D eigenvalue weighted by Crippen LogP contribution is 2.19. The van der Waals surface area contributed by atoms with Crippen molar-refractivity contribution < 1.29 is 8.42 Å². The van der Waals surface area contributed by atoms with Crippen LogP contribution in [0.4, 0.5) is 5.69 Å². The van der Waals surface area contributed by atoms with Gasteiger partial charge in [-0.15, -0.1) is 0 Å². The van der Waals surface area contributed by atoms with E-state index >= 15 is 0 Å². The highest BCUT2D eigenvalue weighted by molar-refractivity contribution is 7.92. The fourth-order valence-electron chi connectivity index (χ4n) is 2.21. The Kier molecular flexibility index (Phi) is 4.69. The molecule has 1 aromatic carbocycles. The van der Waals surface area contributed by atoms with Gasteiger partial charge in [-0.1, -0.05) is 19.1 Å². The van der Waals surface area contributed by atoms with Crippen LogP contribution in [0, 0.1) is 0 Å². The summed E-state index contributed by atoms with van der Waals surface area (Å²) in [6.45, 7) is 4.98. The van der Waals surface area contributed by atoms with Gasteiger partial charge in [-0.05, 0) is 37.1 Å². The topological polar surface area (TPSA) is 77.1 Å². The molecule has 0 aliphatic carbocycles. The van der Waals surface area contributed by atoms with E-state index in [4.69, 9.17) is 5.73 Å². The lowest BCUT2D eigenvalue weighted by atomic mass is 10.1. The Morgan fingerprint density at radius 1 is 1.24 bits per heavy atom. The van der Waals surface area contributed by atoms with E-state index in [1.54, 1.807) is 18.3 Å². The van der Waals surface area contributed by atoms with E-state index in [1.165, 1.54) is 0 Å². The number of hydrogen-bond donors (Lipinski definition) is 2. The second kappa shape index (κ2) is 6.32. The predicted molar refractivity (Wildman–Crippen MR) is 84.6 cm³/mol. The molecule has 0 bridgehead atoms. The van der Waals surface area contributed by atoms with E-state index in [2.05, 4.69) is 4.72 Å². The van der Waals surface area contributed by atoms with Crippen LogP contribution in [0.15, 0.2) is 41.4 Å². The first kappa shape index (κ1) is 15.6. The molecular weight excluding hydrogens is 286 g/mol. The maximum absolute atomic E-state index is 12.4. The van der Waals surface area contributed by atoms with E-state index in [0.717, 1.165) is 17.7 Å². The van der Waals surface area contributed by atoms with Crippen molar-refractivity contribution in [1.29, 1.82) is 0 Å². The van der Waals surface area contributed by atoms with Gasteiger partial charge in [0.25, 0.3) is 10.0 Å². The van der Waals surface area contributed by atoms with Crippen LogP contribution < -0.4 is 10.5 Å². The fraction of sp³-hybridized carbons (Fsp3) is 0.333. The number of sulfonamides is 1. The normalized spacial score (nSPS) is 11.6. The Hall–Kier alpha value is -1.79. The maximum Gasteiger partial charge on any atom is 0.263 e. The highest BCUT2D eigenvalue weighted by atomic mass is 32.2. The van der Waals surface area contributed by atoms with Crippen LogP contribution in [0.25, 0.3) is 0 Å². The maximum atomic E-state index is 12.4. The number of benzene rings is 1. The van der Waals surface area contributed by atoms with Crippen molar-refractivity contribution in [1.82, 2.24) is 4.57 Å². The lowest BCUT2D eigenvalue weighted by Crippen LogP contribution is -2.12. The molecule has 0 atom stereocenters. The van der Waals surface area contributed by atoms with Gasteiger partial charge in [0.05, 0.1) is 0 Å². The molecule has 0 saturated carbocycles. The number of hydrogen-bond acceptors (Lipinski definition) is 3. The van der Waals surface area contributed by atoms with Gasteiger partial charge in [-0.25, -0.2) is 8.42 Å². The minimum atomic E-state index is -3.59. The standard InChI is InChI=1S/C15H21N3O2S/c1-3-12-6-5-7-13(8-12)17-21(19,20)15-9-14(10-16)18(4-2)11-15/h5-9,11,17H,3-4,10,16H2,1-2H3. The molecule has 2 rings (SSSR count). The third-order valence-corrected chi connectivity index (χ3v) is 4.76. The molecular formula is C15H21N3O2S. The third kappa shape index (κ3) is 3.46. The number of anilines is 1. The summed E-state index contributed by atoms with van der Waals surface area (Å²) in [4.78, 5) is 0.242. The lowest BCUT2D eigenvalue weighted by molar-refractivity contribution is 0.600. The van der Waals surface area contributed by atoms with Gasteiger partial charge >= 0.3 is 0 Å². The van der Waals surface area contributed by atoms with Crippen LogP contribution in [-0.4, -0.2) is 13.0 Å². The molecule has 6 heteroatoms. The van der Waals surface area contributed by atoms with Crippen LogP contribution in [0.3, 0.4) is 0 Å². The van der Waals surface area contributed by atoms with Gasteiger partial charge in [-0.3, -0.25) is 4.72 Å². The molecule has 1 heterocycles. The molecule has 114 valence electrons. The summed E-state index contributed by atoms with van der Waals surface area (Å²) in [5, 5.41) is 0. The molecule has 0 amide bonds. The SMILES string of the molecule is CCc1cccc(NS(=O)(=O)c2cc(CN)n(CC)c2)c1. The monoisotopic (exact) mass is 307 g/mol. The van der Waals surface area contributed by atoms with Gasteiger partial charge in [0, 0.05) is 30.7 Å². The molecule has 0 spiro atoms. The van der Waals surface area contributed by atoms with Crippen LogP contribution in [0.1, 0.15) is 25.1 Å². The second-order valence-electron chi connectivity index (χ2n) is 4.82. The lowest BCUT2D eigenvalue weighted by Gasteiger charge is -2.07. The summed E-state index contributed by atoms with van der Waals surface area (Å²) < 4.78 is 29.3. The summed E-state index contributed by atoms with van der Waals surface area (Å²) >= 11 is 0. The number of nitrogens with one attached hydrogen (secondary N) is 1. The van der Waals surface area contributed by atoms with Crippen molar-refractivity contribution >= 4 is 15.7 Å². The average molecular weight is 307 g/mol. The number of nitrogens with two attached hydrogens (primary N) is 1. The van der Waals surface area contributed by atoms with E-state index in [-0.39, 0.29) is 4.90 Å².